The van der Waals surface area contributed by atoms with Crippen LogP contribution in [0.1, 0.15) is 11.1 Å². The number of hydrogen-bond acceptors (Lipinski definition) is 2. The van der Waals surface area contributed by atoms with Gasteiger partial charge in [0.05, 0.1) is 5.56 Å². The van der Waals surface area contributed by atoms with Crippen LogP contribution in [-0.4, -0.2) is 17.4 Å². The molecular formula is C11H6F6O3. The SMILES string of the molecule is O=C(O)/C=C/c1c(OC(F)(F)F)cccc1C(F)(F)F. The summed E-state index contributed by atoms with van der Waals surface area (Å²) in [7, 11) is 0. The van der Waals surface area contributed by atoms with E-state index in [9.17, 15) is 31.1 Å². The average Bonchev–Trinajstić information content (AvgIpc) is 2.23. The maximum Gasteiger partial charge on any atom is 0.573 e. The number of carboxylic acid groups (broad SMARTS) is 1. The molecule has 0 saturated heterocycles. The van der Waals surface area contributed by atoms with Crippen LogP contribution in [0.5, 0.6) is 5.75 Å². The molecule has 1 aromatic rings. The van der Waals surface area contributed by atoms with Gasteiger partial charge in [0.1, 0.15) is 5.75 Å². The minimum Gasteiger partial charge on any atom is -0.478 e. The number of halogens is 6. The van der Waals surface area contributed by atoms with Gasteiger partial charge in [-0.15, -0.1) is 13.2 Å². The fourth-order valence-corrected chi connectivity index (χ4v) is 1.33. The van der Waals surface area contributed by atoms with Gasteiger partial charge in [0.2, 0.25) is 0 Å². The zero-order chi connectivity index (χ0) is 15.6. The van der Waals surface area contributed by atoms with Crippen molar-refractivity contribution in [3.63, 3.8) is 0 Å². The third-order valence-electron chi connectivity index (χ3n) is 1.99. The molecule has 1 N–H and O–H groups in total. The van der Waals surface area contributed by atoms with Gasteiger partial charge in [-0.05, 0) is 18.2 Å². The van der Waals surface area contributed by atoms with Crippen LogP contribution in [0, 0.1) is 0 Å². The van der Waals surface area contributed by atoms with E-state index < -0.39 is 35.4 Å². The van der Waals surface area contributed by atoms with E-state index in [4.69, 9.17) is 5.11 Å². The summed E-state index contributed by atoms with van der Waals surface area (Å²) < 4.78 is 77.8. The molecule has 0 fully saturated rings. The first-order chi connectivity index (χ1) is 9.00. The number of benzene rings is 1. The Morgan fingerprint density at radius 1 is 1.15 bits per heavy atom. The molecule has 1 rings (SSSR count). The van der Waals surface area contributed by atoms with Crippen LogP contribution >= 0.6 is 0 Å². The van der Waals surface area contributed by atoms with Crippen molar-refractivity contribution in [1.29, 1.82) is 0 Å². The second-order valence-corrected chi connectivity index (χ2v) is 3.43. The second-order valence-electron chi connectivity index (χ2n) is 3.43. The van der Waals surface area contributed by atoms with Gasteiger partial charge in [-0.3, -0.25) is 0 Å². The molecule has 0 saturated carbocycles. The number of carboxylic acids is 1. The first-order valence-corrected chi connectivity index (χ1v) is 4.87. The van der Waals surface area contributed by atoms with Gasteiger partial charge in [-0.25, -0.2) is 4.79 Å². The van der Waals surface area contributed by atoms with Gasteiger partial charge in [0, 0.05) is 11.6 Å². The Morgan fingerprint density at radius 3 is 2.20 bits per heavy atom. The average molecular weight is 300 g/mol. The first kappa shape index (κ1) is 15.9. The highest BCUT2D eigenvalue weighted by molar-refractivity contribution is 5.86. The number of carbonyl (C=O) groups is 1. The molecule has 3 nitrogen and oxygen atoms in total. The Kier molecular flexibility index (Phi) is 4.31. The number of aliphatic carboxylic acids is 1. The molecule has 9 heteroatoms. The van der Waals surface area contributed by atoms with Crippen molar-refractivity contribution in [2.45, 2.75) is 12.5 Å². The van der Waals surface area contributed by atoms with Crippen molar-refractivity contribution >= 4 is 12.0 Å². The zero-order valence-corrected chi connectivity index (χ0v) is 9.42. The number of rotatable bonds is 3. The highest BCUT2D eigenvalue weighted by Crippen LogP contribution is 2.38. The Bertz CT molecular complexity index is 530. The van der Waals surface area contributed by atoms with Crippen molar-refractivity contribution in [2.75, 3.05) is 0 Å². The third kappa shape index (κ3) is 4.48. The summed E-state index contributed by atoms with van der Waals surface area (Å²) in [5.41, 5.74) is -2.45. The monoisotopic (exact) mass is 300 g/mol. The Balaban J connectivity index is 3.40. The largest absolute Gasteiger partial charge is 0.573 e. The van der Waals surface area contributed by atoms with Gasteiger partial charge < -0.3 is 9.84 Å². The smallest absolute Gasteiger partial charge is 0.478 e. The predicted octanol–water partition coefficient (Wildman–Crippen LogP) is 3.70. The maximum atomic E-state index is 12.7. The highest BCUT2D eigenvalue weighted by Gasteiger charge is 2.37. The molecule has 0 aromatic heterocycles. The van der Waals surface area contributed by atoms with Crippen LogP contribution in [0.15, 0.2) is 24.3 Å². The summed E-state index contributed by atoms with van der Waals surface area (Å²) >= 11 is 0. The summed E-state index contributed by atoms with van der Waals surface area (Å²) in [6.07, 6.45) is -9.47. The van der Waals surface area contributed by atoms with E-state index in [0.29, 0.717) is 18.2 Å². The molecule has 0 atom stereocenters. The van der Waals surface area contributed by atoms with Crippen molar-refractivity contribution in [3.05, 3.63) is 35.4 Å². The molecule has 0 radical (unpaired) electrons. The van der Waals surface area contributed by atoms with Gasteiger partial charge in [0.15, 0.2) is 0 Å². The fraction of sp³-hybridized carbons (Fsp3) is 0.182. The van der Waals surface area contributed by atoms with Crippen LogP contribution in [0.2, 0.25) is 0 Å². The molecular weight excluding hydrogens is 294 g/mol. The second kappa shape index (κ2) is 5.43. The fourth-order valence-electron chi connectivity index (χ4n) is 1.33. The van der Waals surface area contributed by atoms with Crippen molar-refractivity contribution < 1.29 is 41.0 Å². The van der Waals surface area contributed by atoms with E-state index in [1.165, 1.54) is 0 Å². The summed E-state index contributed by atoms with van der Waals surface area (Å²) in [5.74, 6) is -2.75. The van der Waals surface area contributed by atoms with E-state index in [-0.39, 0.29) is 6.08 Å². The molecule has 110 valence electrons. The lowest BCUT2D eigenvalue weighted by Gasteiger charge is -2.16. The number of alkyl halides is 6. The van der Waals surface area contributed by atoms with Gasteiger partial charge >= 0.3 is 18.5 Å². The Labute approximate surface area is 108 Å². The van der Waals surface area contributed by atoms with Gasteiger partial charge in [0.25, 0.3) is 0 Å². The molecule has 0 aliphatic heterocycles. The molecule has 0 aliphatic carbocycles. The van der Waals surface area contributed by atoms with Crippen LogP contribution in [0.3, 0.4) is 0 Å². The quantitative estimate of drug-likeness (QED) is 0.684. The van der Waals surface area contributed by atoms with E-state index in [2.05, 4.69) is 4.74 Å². The molecule has 0 spiro atoms. The lowest BCUT2D eigenvalue weighted by Crippen LogP contribution is -2.19. The molecule has 0 aliphatic rings. The van der Waals surface area contributed by atoms with Crippen LogP contribution in [-0.2, 0) is 11.0 Å². The lowest BCUT2D eigenvalue weighted by atomic mass is 10.1. The van der Waals surface area contributed by atoms with Gasteiger partial charge in [-0.1, -0.05) is 6.07 Å². The predicted molar refractivity (Wildman–Crippen MR) is 54.8 cm³/mol. The van der Waals surface area contributed by atoms with Crippen LogP contribution in [0.4, 0.5) is 26.3 Å². The molecule has 0 bridgehead atoms. The summed E-state index contributed by atoms with van der Waals surface area (Å²) in [5, 5.41) is 8.36. The molecule has 0 unspecified atom stereocenters. The summed E-state index contributed by atoms with van der Waals surface area (Å²) in [6.45, 7) is 0. The summed E-state index contributed by atoms with van der Waals surface area (Å²) in [6, 6.07) is 1.90. The normalized spacial score (nSPS) is 12.7. The van der Waals surface area contributed by atoms with E-state index >= 15 is 0 Å². The standard InChI is InChI=1S/C11H6F6O3/c12-10(13,14)7-2-1-3-8(20-11(15,16)17)6(7)4-5-9(18)19/h1-5H,(H,18,19)/b5-4+. The van der Waals surface area contributed by atoms with Crippen molar-refractivity contribution in [3.8, 4) is 5.75 Å². The molecule has 20 heavy (non-hydrogen) atoms. The minimum atomic E-state index is -5.20. The van der Waals surface area contributed by atoms with Crippen molar-refractivity contribution in [2.24, 2.45) is 0 Å². The maximum absolute atomic E-state index is 12.7. The van der Waals surface area contributed by atoms with E-state index in [0.717, 1.165) is 6.07 Å². The molecule has 1 aromatic carbocycles. The number of hydrogen-bond donors (Lipinski definition) is 1. The van der Waals surface area contributed by atoms with Gasteiger partial charge in [-0.2, -0.15) is 13.2 Å². The molecule has 0 amide bonds. The lowest BCUT2D eigenvalue weighted by molar-refractivity contribution is -0.274. The highest BCUT2D eigenvalue weighted by atomic mass is 19.4. The first-order valence-electron chi connectivity index (χ1n) is 4.87. The van der Waals surface area contributed by atoms with E-state index in [1.54, 1.807) is 0 Å². The minimum absolute atomic E-state index is 0.286. The topological polar surface area (TPSA) is 46.5 Å². The number of ether oxygens (including phenoxy) is 1. The zero-order valence-electron chi connectivity index (χ0n) is 9.42. The molecule has 0 heterocycles. The third-order valence-corrected chi connectivity index (χ3v) is 1.99. The Hall–Kier alpha value is -2.19. The van der Waals surface area contributed by atoms with E-state index in [1.807, 2.05) is 0 Å². The Morgan fingerprint density at radius 2 is 1.75 bits per heavy atom. The van der Waals surface area contributed by atoms with Crippen LogP contribution < -0.4 is 4.74 Å². The summed E-state index contributed by atoms with van der Waals surface area (Å²) in [4.78, 5) is 10.3. The van der Waals surface area contributed by atoms with Crippen molar-refractivity contribution in [1.82, 2.24) is 0 Å². The van der Waals surface area contributed by atoms with Crippen LogP contribution in [0.25, 0.3) is 6.08 Å².